The normalized spacial score (nSPS) is 12.4. The molecule has 0 aliphatic rings. The van der Waals surface area contributed by atoms with Crippen LogP contribution in [0.3, 0.4) is 0 Å². The summed E-state index contributed by atoms with van der Waals surface area (Å²) in [6, 6.07) is 15.0. The summed E-state index contributed by atoms with van der Waals surface area (Å²) in [5, 5.41) is 2.66. The Balaban J connectivity index is 2.45. The Bertz CT molecular complexity index is 678. The van der Waals surface area contributed by atoms with E-state index in [1.807, 2.05) is 0 Å². The fraction of sp³-hybridized carbons (Fsp3) is 0.176. The van der Waals surface area contributed by atoms with Gasteiger partial charge in [0.2, 0.25) is 0 Å². The lowest BCUT2D eigenvalue weighted by molar-refractivity contribution is 1.10. The maximum absolute atomic E-state index is 2.30. The number of fused-ring (bicyclic) bond motifs is 3. The van der Waals surface area contributed by atoms with Gasteiger partial charge in [-0.2, -0.15) is 0 Å². The molecule has 1 heteroatoms. The van der Waals surface area contributed by atoms with Crippen molar-refractivity contribution in [3.05, 3.63) is 59.9 Å². The van der Waals surface area contributed by atoms with Crippen molar-refractivity contribution in [2.45, 2.75) is 20.3 Å². The highest BCUT2D eigenvalue weighted by molar-refractivity contribution is 6.02. The summed E-state index contributed by atoms with van der Waals surface area (Å²) in [4.78, 5) is 0. The minimum Gasteiger partial charge on any atom is -0.316 e. The van der Waals surface area contributed by atoms with Gasteiger partial charge < -0.3 is 4.40 Å². The number of hydrogen-bond acceptors (Lipinski definition) is 0. The second kappa shape index (κ2) is 4.34. The lowest BCUT2D eigenvalue weighted by atomic mass is 10.1. The Kier molecular flexibility index (Phi) is 2.67. The summed E-state index contributed by atoms with van der Waals surface area (Å²) in [5.74, 6) is 0. The fourth-order valence-electron chi connectivity index (χ4n) is 2.42. The van der Waals surface area contributed by atoms with Gasteiger partial charge in [-0.3, -0.25) is 0 Å². The molecule has 0 fully saturated rings. The second-order valence-electron chi connectivity index (χ2n) is 4.73. The number of pyridine rings is 1. The molecule has 2 aromatic heterocycles. The standard InChI is InChI=1S/C17H17N/c1-3-13(2)12-17-15-9-5-4-8-14(15)16-10-6-7-11-18(16)17/h4-12H,3H2,1-2H3/b13-12-. The summed E-state index contributed by atoms with van der Waals surface area (Å²) in [6.07, 6.45) is 5.54. The smallest absolute Gasteiger partial charge is 0.0534 e. The van der Waals surface area contributed by atoms with Crippen LogP contribution in [0.4, 0.5) is 0 Å². The number of allylic oxidation sites excluding steroid dienone is 1. The van der Waals surface area contributed by atoms with E-state index in [0.29, 0.717) is 0 Å². The first-order valence-electron chi connectivity index (χ1n) is 6.46. The van der Waals surface area contributed by atoms with Crippen molar-refractivity contribution in [1.82, 2.24) is 4.40 Å². The van der Waals surface area contributed by atoms with Gasteiger partial charge in [-0.25, -0.2) is 0 Å². The van der Waals surface area contributed by atoms with E-state index < -0.39 is 0 Å². The van der Waals surface area contributed by atoms with Crippen LogP contribution in [0.5, 0.6) is 0 Å². The molecule has 0 atom stereocenters. The van der Waals surface area contributed by atoms with Crippen molar-refractivity contribution in [3.63, 3.8) is 0 Å². The van der Waals surface area contributed by atoms with E-state index in [4.69, 9.17) is 0 Å². The first kappa shape index (κ1) is 11.1. The number of rotatable bonds is 2. The highest BCUT2D eigenvalue weighted by Gasteiger charge is 2.08. The Morgan fingerprint density at radius 3 is 2.56 bits per heavy atom. The van der Waals surface area contributed by atoms with Crippen LogP contribution in [0.25, 0.3) is 22.4 Å². The van der Waals surface area contributed by atoms with E-state index in [1.54, 1.807) is 0 Å². The molecule has 18 heavy (non-hydrogen) atoms. The van der Waals surface area contributed by atoms with E-state index in [-0.39, 0.29) is 0 Å². The van der Waals surface area contributed by atoms with Gasteiger partial charge in [-0.15, -0.1) is 0 Å². The lowest BCUT2D eigenvalue weighted by Gasteiger charge is -2.00. The highest BCUT2D eigenvalue weighted by atomic mass is 14.9. The fourth-order valence-corrected chi connectivity index (χ4v) is 2.42. The zero-order chi connectivity index (χ0) is 12.5. The summed E-state index contributed by atoms with van der Waals surface area (Å²) < 4.78 is 2.28. The largest absolute Gasteiger partial charge is 0.316 e. The van der Waals surface area contributed by atoms with Gasteiger partial charge >= 0.3 is 0 Å². The van der Waals surface area contributed by atoms with E-state index in [1.165, 1.54) is 27.6 Å². The molecular formula is C17H17N. The highest BCUT2D eigenvalue weighted by Crippen LogP contribution is 2.28. The summed E-state index contributed by atoms with van der Waals surface area (Å²) in [6.45, 7) is 4.39. The van der Waals surface area contributed by atoms with Crippen LogP contribution in [0.2, 0.25) is 0 Å². The van der Waals surface area contributed by atoms with Gasteiger partial charge in [-0.05, 0) is 31.6 Å². The Labute approximate surface area is 107 Å². The topological polar surface area (TPSA) is 4.41 Å². The first-order valence-corrected chi connectivity index (χ1v) is 6.46. The molecule has 1 nitrogen and oxygen atoms in total. The van der Waals surface area contributed by atoms with Crippen LogP contribution in [0, 0.1) is 0 Å². The van der Waals surface area contributed by atoms with Crippen molar-refractivity contribution in [3.8, 4) is 0 Å². The number of aromatic nitrogens is 1. The predicted octanol–water partition coefficient (Wildman–Crippen LogP) is 4.91. The zero-order valence-corrected chi connectivity index (χ0v) is 10.9. The van der Waals surface area contributed by atoms with Crippen LogP contribution in [0.15, 0.2) is 54.2 Å². The molecule has 0 aliphatic heterocycles. The Morgan fingerprint density at radius 1 is 1.06 bits per heavy atom. The molecule has 3 rings (SSSR count). The number of nitrogens with zero attached hydrogens (tertiary/aromatic N) is 1. The van der Waals surface area contributed by atoms with Gasteiger partial charge in [-0.1, -0.05) is 42.8 Å². The molecule has 0 saturated heterocycles. The van der Waals surface area contributed by atoms with Crippen LogP contribution < -0.4 is 0 Å². The molecule has 0 bridgehead atoms. The van der Waals surface area contributed by atoms with Crippen LogP contribution in [-0.2, 0) is 0 Å². The predicted molar refractivity (Wildman–Crippen MR) is 78.8 cm³/mol. The van der Waals surface area contributed by atoms with Crippen LogP contribution >= 0.6 is 0 Å². The molecule has 2 heterocycles. The van der Waals surface area contributed by atoms with E-state index >= 15 is 0 Å². The lowest BCUT2D eigenvalue weighted by Crippen LogP contribution is -1.86. The monoisotopic (exact) mass is 235 g/mol. The third-order valence-electron chi connectivity index (χ3n) is 3.54. The quantitative estimate of drug-likeness (QED) is 0.594. The molecule has 0 saturated carbocycles. The third kappa shape index (κ3) is 1.63. The maximum atomic E-state index is 2.30. The maximum Gasteiger partial charge on any atom is 0.0534 e. The molecule has 0 spiro atoms. The van der Waals surface area contributed by atoms with E-state index in [9.17, 15) is 0 Å². The van der Waals surface area contributed by atoms with Crippen LogP contribution in [0.1, 0.15) is 26.0 Å². The minimum absolute atomic E-state index is 1.09. The Hall–Kier alpha value is -2.02. The zero-order valence-electron chi connectivity index (χ0n) is 10.9. The average Bonchev–Trinajstić information content (AvgIpc) is 2.74. The van der Waals surface area contributed by atoms with Gasteiger partial charge in [0.05, 0.1) is 11.2 Å². The van der Waals surface area contributed by atoms with Crippen molar-refractivity contribution < 1.29 is 0 Å². The van der Waals surface area contributed by atoms with E-state index in [0.717, 1.165) is 6.42 Å². The van der Waals surface area contributed by atoms with Crippen molar-refractivity contribution in [1.29, 1.82) is 0 Å². The molecule has 1 aromatic carbocycles. The molecule has 90 valence electrons. The summed E-state index contributed by atoms with van der Waals surface area (Å²) >= 11 is 0. The molecule has 3 aromatic rings. The van der Waals surface area contributed by atoms with Crippen LogP contribution in [-0.4, -0.2) is 4.40 Å². The first-order chi connectivity index (χ1) is 8.81. The summed E-state index contributed by atoms with van der Waals surface area (Å²) in [5.41, 5.74) is 3.98. The SMILES string of the molecule is CC/C(C)=C\c1c2ccccc2c2ccccn12. The van der Waals surface area contributed by atoms with Gasteiger partial charge in [0.1, 0.15) is 0 Å². The van der Waals surface area contributed by atoms with E-state index in [2.05, 4.69) is 73.0 Å². The number of hydrogen-bond donors (Lipinski definition) is 0. The Morgan fingerprint density at radius 2 is 1.78 bits per heavy atom. The number of benzene rings is 1. The molecule has 0 N–H and O–H groups in total. The summed E-state index contributed by atoms with van der Waals surface area (Å²) in [7, 11) is 0. The van der Waals surface area contributed by atoms with Gasteiger partial charge in [0.25, 0.3) is 0 Å². The molecule has 0 unspecified atom stereocenters. The van der Waals surface area contributed by atoms with Gasteiger partial charge in [0, 0.05) is 17.0 Å². The van der Waals surface area contributed by atoms with Crippen molar-refractivity contribution >= 4 is 22.4 Å². The minimum atomic E-state index is 1.09. The van der Waals surface area contributed by atoms with Crippen molar-refractivity contribution in [2.75, 3.05) is 0 Å². The molecule has 0 radical (unpaired) electrons. The molecular weight excluding hydrogens is 218 g/mol. The molecule has 0 amide bonds. The van der Waals surface area contributed by atoms with Crippen molar-refractivity contribution in [2.24, 2.45) is 0 Å². The second-order valence-corrected chi connectivity index (χ2v) is 4.73. The average molecular weight is 235 g/mol. The third-order valence-corrected chi connectivity index (χ3v) is 3.54. The molecule has 0 aliphatic carbocycles. The van der Waals surface area contributed by atoms with Gasteiger partial charge in [0.15, 0.2) is 0 Å².